The molecule has 3 nitrogen and oxygen atoms in total. The normalized spacial score (nSPS) is 15.5. The van der Waals surface area contributed by atoms with Crippen molar-refractivity contribution in [2.45, 2.75) is 27.3 Å². The Hall–Kier alpha value is -2.00. The van der Waals surface area contributed by atoms with Crippen LogP contribution in [0.15, 0.2) is 42.5 Å². The predicted octanol–water partition coefficient (Wildman–Crippen LogP) is 4.02. The van der Waals surface area contributed by atoms with Gasteiger partial charge in [0.05, 0.1) is 6.61 Å². The van der Waals surface area contributed by atoms with Crippen LogP contribution in [0, 0.1) is 13.8 Å². The van der Waals surface area contributed by atoms with Gasteiger partial charge in [-0.15, -0.1) is 0 Å². The zero-order valence-electron chi connectivity index (χ0n) is 15.1. The van der Waals surface area contributed by atoms with Crippen LogP contribution in [0.5, 0.6) is 5.75 Å². The number of anilines is 1. The van der Waals surface area contributed by atoms with E-state index in [1.54, 1.807) is 0 Å². The van der Waals surface area contributed by atoms with Crippen LogP contribution in [0.25, 0.3) is 0 Å². The minimum atomic E-state index is 0.722. The molecule has 0 spiro atoms. The minimum absolute atomic E-state index is 0.722. The summed E-state index contributed by atoms with van der Waals surface area (Å²) in [5.41, 5.74) is 5.47. The Morgan fingerprint density at radius 3 is 2.29 bits per heavy atom. The van der Waals surface area contributed by atoms with Crippen LogP contribution in [-0.4, -0.2) is 37.7 Å². The van der Waals surface area contributed by atoms with E-state index in [2.05, 4.69) is 66.1 Å². The van der Waals surface area contributed by atoms with Crippen LogP contribution in [0.4, 0.5) is 5.69 Å². The van der Waals surface area contributed by atoms with Gasteiger partial charge >= 0.3 is 0 Å². The molecule has 2 aromatic rings. The van der Waals surface area contributed by atoms with Crippen molar-refractivity contribution >= 4 is 5.69 Å². The van der Waals surface area contributed by atoms with Gasteiger partial charge in [-0.2, -0.15) is 0 Å². The smallest absolute Gasteiger partial charge is 0.119 e. The van der Waals surface area contributed by atoms with E-state index in [4.69, 9.17) is 4.74 Å². The Kier molecular flexibility index (Phi) is 5.41. The third-order valence-corrected chi connectivity index (χ3v) is 4.72. The molecule has 24 heavy (non-hydrogen) atoms. The molecule has 1 aliphatic heterocycles. The number of hydrogen-bond donors (Lipinski definition) is 0. The van der Waals surface area contributed by atoms with E-state index in [1.807, 2.05) is 6.92 Å². The SMILES string of the molecule is CCOc1ccc(CN2CCN(c3cc(C)ccc3C)CC2)cc1. The summed E-state index contributed by atoms with van der Waals surface area (Å²) in [7, 11) is 0. The van der Waals surface area contributed by atoms with Crippen molar-refractivity contribution in [3.05, 3.63) is 59.2 Å². The minimum Gasteiger partial charge on any atom is -0.494 e. The molecule has 1 fully saturated rings. The lowest BCUT2D eigenvalue weighted by molar-refractivity contribution is 0.249. The van der Waals surface area contributed by atoms with Gasteiger partial charge in [0.15, 0.2) is 0 Å². The number of hydrogen-bond acceptors (Lipinski definition) is 3. The van der Waals surface area contributed by atoms with E-state index in [0.717, 1.165) is 45.1 Å². The van der Waals surface area contributed by atoms with E-state index in [9.17, 15) is 0 Å². The molecule has 0 atom stereocenters. The highest BCUT2D eigenvalue weighted by Crippen LogP contribution is 2.23. The molecule has 0 radical (unpaired) electrons. The fraction of sp³-hybridized carbons (Fsp3) is 0.429. The lowest BCUT2D eigenvalue weighted by atomic mass is 10.1. The molecule has 1 heterocycles. The van der Waals surface area contributed by atoms with Gasteiger partial charge in [-0.3, -0.25) is 4.90 Å². The summed E-state index contributed by atoms with van der Waals surface area (Å²) in [5.74, 6) is 0.959. The molecule has 2 aromatic carbocycles. The maximum atomic E-state index is 5.51. The summed E-state index contributed by atoms with van der Waals surface area (Å²) in [6.07, 6.45) is 0. The summed E-state index contributed by atoms with van der Waals surface area (Å²) in [4.78, 5) is 5.06. The third kappa shape index (κ3) is 4.09. The van der Waals surface area contributed by atoms with E-state index >= 15 is 0 Å². The van der Waals surface area contributed by atoms with Gasteiger partial charge in [-0.05, 0) is 55.7 Å². The molecule has 0 amide bonds. The van der Waals surface area contributed by atoms with Gasteiger partial charge in [-0.25, -0.2) is 0 Å². The Bertz CT molecular complexity index is 658. The summed E-state index contributed by atoms with van der Waals surface area (Å²) in [6.45, 7) is 12.6. The second-order valence-corrected chi connectivity index (χ2v) is 6.63. The molecule has 1 aliphatic rings. The van der Waals surface area contributed by atoms with Crippen LogP contribution in [0.2, 0.25) is 0 Å². The van der Waals surface area contributed by atoms with Gasteiger partial charge in [0.2, 0.25) is 0 Å². The number of ether oxygens (including phenoxy) is 1. The molecule has 1 saturated heterocycles. The van der Waals surface area contributed by atoms with Crippen molar-refractivity contribution in [2.24, 2.45) is 0 Å². The van der Waals surface area contributed by atoms with Crippen molar-refractivity contribution in [1.82, 2.24) is 4.90 Å². The first-order chi connectivity index (χ1) is 11.7. The molecule has 128 valence electrons. The van der Waals surface area contributed by atoms with Crippen molar-refractivity contribution < 1.29 is 4.74 Å². The van der Waals surface area contributed by atoms with Crippen LogP contribution in [0.1, 0.15) is 23.6 Å². The molecule has 3 heteroatoms. The lowest BCUT2D eigenvalue weighted by Crippen LogP contribution is -2.46. The van der Waals surface area contributed by atoms with Gasteiger partial charge in [0.1, 0.15) is 5.75 Å². The standard InChI is InChI=1S/C21H28N2O/c1-4-24-20-9-7-19(8-10-20)16-22-11-13-23(14-12-22)21-15-17(2)5-6-18(21)3/h5-10,15H,4,11-14,16H2,1-3H3. The predicted molar refractivity (Wildman–Crippen MR) is 101 cm³/mol. The number of nitrogens with zero attached hydrogens (tertiary/aromatic N) is 2. The van der Waals surface area contributed by atoms with Crippen LogP contribution >= 0.6 is 0 Å². The van der Waals surface area contributed by atoms with E-state index < -0.39 is 0 Å². The summed E-state index contributed by atoms with van der Waals surface area (Å²) in [6, 6.07) is 15.3. The molecule has 0 unspecified atom stereocenters. The van der Waals surface area contributed by atoms with Crippen molar-refractivity contribution in [1.29, 1.82) is 0 Å². The van der Waals surface area contributed by atoms with Crippen LogP contribution < -0.4 is 9.64 Å². The second kappa shape index (κ2) is 7.71. The zero-order valence-corrected chi connectivity index (χ0v) is 15.1. The lowest BCUT2D eigenvalue weighted by Gasteiger charge is -2.37. The monoisotopic (exact) mass is 324 g/mol. The summed E-state index contributed by atoms with van der Waals surface area (Å²) < 4.78 is 5.51. The fourth-order valence-corrected chi connectivity index (χ4v) is 3.32. The molecule has 0 bridgehead atoms. The third-order valence-electron chi connectivity index (χ3n) is 4.72. The highest BCUT2D eigenvalue weighted by atomic mass is 16.5. The Morgan fingerprint density at radius 1 is 0.917 bits per heavy atom. The molecule has 0 N–H and O–H groups in total. The quantitative estimate of drug-likeness (QED) is 0.826. The first kappa shape index (κ1) is 16.8. The van der Waals surface area contributed by atoms with Crippen LogP contribution in [0.3, 0.4) is 0 Å². The second-order valence-electron chi connectivity index (χ2n) is 6.63. The molecular weight excluding hydrogens is 296 g/mol. The first-order valence-corrected chi connectivity index (χ1v) is 8.92. The van der Waals surface area contributed by atoms with Crippen molar-refractivity contribution in [3.8, 4) is 5.75 Å². The average Bonchev–Trinajstić information content (AvgIpc) is 2.60. The van der Waals surface area contributed by atoms with E-state index in [1.165, 1.54) is 22.4 Å². The molecule has 3 rings (SSSR count). The molecular formula is C21H28N2O. The van der Waals surface area contributed by atoms with Gasteiger partial charge < -0.3 is 9.64 Å². The fourth-order valence-electron chi connectivity index (χ4n) is 3.32. The van der Waals surface area contributed by atoms with Crippen molar-refractivity contribution in [3.63, 3.8) is 0 Å². The maximum Gasteiger partial charge on any atom is 0.119 e. The highest BCUT2D eigenvalue weighted by molar-refractivity contribution is 5.55. The van der Waals surface area contributed by atoms with E-state index in [-0.39, 0.29) is 0 Å². The summed E-state index contributed by atoms with van der Waals surface area (Å²) >= 11 is 0. The molecule has 0 saturated carbocycles. The van der Waals surface area contributed by atoms with Gasteiger partial charge in [-0.1, -0.05) is 24.3 Å². The van der Waals surface area contributed by atoms with Gasteiger partial charge in [0.25, 0.3) is 0 Å². The Morgan fingerprint density at radius 2 is 1.62 bits per heavy atom. The number of rotatable bonds is 5. The highest BCUT2D eigenvalue weighted by Gasteiger charge is 2.18. The zero-order chi connectivity index (χ0) is 16.9. The Balaban J connectivity index is 1.56. The topological polar surface area (TPSA) is 15.7 Å². The van der Waals surface area contributed by atoms with Crippen LogP contribution in [-0.2, 0) is 6.54 Å². The first-order valence-electron chi connectivity index (χ1n) is 8.92. The largest absolute Gasteiger partial charge is 0.494 e. The number of piperazine rings is 1. The Labute approximate surface area is 145 Å². The summed E-state index contributed by atoms with van der Waals surface area (Å²) in [5, 5.41) is 0. The van der Waals surface area contributed by atoms with Crippen molar-refractivity contribution in [2.75, 3.05) is 37.7 Å². The maximum absolute atomic E-state index is 5.51. The number of aryl methyl sites for hydroxylation is 2. The van der Waals surface area contributed by atoms with Gasteiger partial charge in [0, 0.05) is 38.4 Å². The molecule has 0 aliphatic carbocycles. The molecule has 0 aromatic heterocycles. The number of benzene rings is 2. The van der Waals surface area contributed by atoms with E-state index in [0.29, 0.717) is 0 Å². The average molecular weight is 324 g/mol.